The maximum Gasteiger partial charge on any atom is 0.307 e. The van der Waals surface area contributed by atoms with Crippen molar-refractivity contribution in [3.63, 3.8) is 0 Å². The van der Waals surface area contributed by atoms with E-state index in [0.29, 0.717) is 42.5 Å². The van der Waals surface area contributed by atoms with E-state index in [1.807, 2.05) is 0 Å². The van der Waals surface area contributed by atoms with Gasteiger partial charge in [-0.05, 0) is 78.4 Å². The molecule has 1 aliphatic heterocycles. The van der Waals surface area contributed by atoms with Gasteiger partial charge in [0.1, 0.15) is 5.78 Å². The Morgan fingerprint density at radius 1 is 1.03 bits per heavy atom. The Bertz CT molecular complexity index is 936. The van der Waals surface area contributed by atoms with Gasteiger partial charge in [0.2, 0.25) is 0 Å². The highest BCUT2D eigenvalue weighted by atomic mass is 16.5. The third-order valence-corrected chi connectivity index (χ3v) is 12.9. The summed E-state index contributed by atoms with van der Waals surface area (Å²) in [6, 6.07) is 0. The van der Waals surface area contributed by atoms with Gasteiger partial charge in [0.15, 0.2) is 0 Å². The second-order valence-corrected chi connectivity index (χ2v) is 14.2. The Balaban J connectivity index is 1.62. The van der Waals surface area contributed by atoms with E-state index in [1.165, 1.54) is 5.57 Å². The Hall–Kier alpha value is -1.16. The second kappa shape index (κ2) is 7.43. The molecule has 4 heteroatoms. The van der Waals surface area contributed by atoms with E-state index in [1.54, 1.807) is 0 Å². The number of allylic oxidation sites excluding steroid dienone is 1. The molecule has 34 heavy (non-hydrogen) atoms. The first kappa shape index (κ1) is 24.5. The SMILES string of the molecule is CC(C)[C@@H](C)[C@@]1(C)CC[C@]2(C)[C@H]3CC[C@@H]4[C@]5(CCC(=O)[C@]4(C)COC5)C3=CC[C@@]2(C)[C@@H]1C(=O)O. The van der Waals surface area contributed by atoms with Gasteiger partial charge in [-0.2, -0.15) is 0 Å². The highest BCUT2D eigenvalue weighted by Crippen LogP contribution is 2.74. The molecule has 3 saturated carbocycles. The molecule has 1 heterocycles. The molecule has 5 aliphatic rings. The number of carbonyl (C=O) groups is 2. The maximum absolute atomic E-state index is 13.1. The van der Waals surface area contributed by atoms with Gasteiger partial charge in [0, 0.05) is 11.8 Å². The molecular formula is C30H46O4. The quantitative estimate of drug-likeness (QED) is 0.476. The number of hydrogen-bond acceptors (Lipinski definition) is 3. The highest BCUT2D eigenvalue weighted by Gasteiger charge is 2.70. The van der Waals surface area contributed by atoms with Crippen LogP contribution in [-0.4, -0.2) is 30.1 Å². The maximum atomic E-state index is 13.1. The van der Waals surface area contributed by atoms with E-state index in [0.717, 1.165) is 45.1 Å². The predicted octanol–water partition coefficient (Wildman–Crippen LogP) is 6.53. The summed E-state index contributed by atoms with van der Waals surface area (Å²) in [6.45, 7) is 17.2. The van der Waals surface area contributed by atoms with E-state index >= 15 is 0 Å². The number of ketones is 1. The number of ether oxygens (including phenoxy) is 1. The molecule has 2 bridgehead atoms. The van der Waals surface area contributed by atoms with Crippen LogP contribution in [-0.2, 0) is 14.3 Å². The zero-order chi connectivity index (χ0) is 24.9. The molecule has 0 aromatic heterocycles. The van der Waals surface area contributed by atoms with Gasteiger partial charge in [-0.15, -0.1) is 0 Å². The summed E-state index contributed by atoms with van der Waals surface area (Å²) >= 11 is 0. The topological polar surface area (TPSA) is 63.6 Å². The molecule has 1 N–H and O–H groups in total. The molecule has 1 saturated heterocycles. The van der Waals surface area contributed by atoms with Crippen molar-refractivity contribution in [2.24, 2.45) is 56.7 Å². The molecule has 0 unspecified atom stereocenters. The van der Waals surface area contributed by atoms with Crippen LogP contribution >= 0.6 is 0 Å². The van der Waals surface area contributed by atoms with E-state index in [2.05, 4.69) is 54.5 Å². The molecular weight excluding hydrogens is 424 g/mol. The van der Waals surface area contributed by atoms with Crippen molar-refractivity contribution in [1.82, 2.24) is 0 Å². The van der Waals surface area contributed by atoms with Crippen molar-refractivity contribution in [3.8, 4) is 0 Å². The van der Waals surface area contributed by atoms with Gasteiger partial charge >= 0.3 is 5.97 Å². The average molecular weight is 471 g/mol. The monoisotopic (exact) mass is 470 g/mol. The molecule has 0 aromatic carbocycles. The van der Waals surface area contributed by atoms with Gasteiger partial charge in [0.05, 0.1) is 24.5 Å². The van der Waals surface area contributed by atoms with E-state index in [9.17, 15) is 14.7 Å². The van der Waals surface area contributed by atoms with Crippen LogP contribution in [0.4, 0.5) is 0 Å². The molecule has 190 valence electrons. The number of aliphatic carboxylic acids is 1. The summed E-state index contributed by atoms with van der Waals surface area (Å²) in [5, 5.41) is 10.7. The summed E-state index contributed by atoms with van der Waals surface area (Å²) in [4.78, 5) is 26.1. The van der Waals surface area contributed by atoms with Crippen LogP contribution in [0.15, 0.2) is 11.6 Å². The van der Waals surface area contributed by atoms with Crippen molar-refractivity contribution < 1.29 is 19.4 Å². The normalized spacial score (nSPS) is 51.1. The first-order chi connectivity index (χ1) is 15.8. The lowest BCUT2D eigenvalue weighted by Crippen LogP contribution is -2.66. The van der Waals surface area contributed by atoms with Gasteiger partial charge in [-0.3, -0.25) is 9.59 Å². The third kappa shape index (κ3) is 2.75. The predicted molar refractivity (Wildman–Crippen MR) is 133 cm³/mol. The number of hydrogen-bond donors (Lipinski definition) is 1. The lowest BCUT2D eigenvalue weighted by atomic mass is 9.34. The van der Waals surface area contributed by atoms with Crippen molar-refractivity contribution >= 4 is 11.8 Å². The van der Waals surface area contributed by atoms with Gasteiger partial charge in [-0.1, -0.05) is 60.1 Å². The minimum atomic E-state index is -0.607. The van der Waals surface area contributed by atoms with Crippen LogP contribution in [0.5, 0.6) is 0 Å². The standard InChI is InChI=1S/C30H46O4/c1-18(2)19(3)26(4)14-15-28(6)20-8-9-22-27(5)16-34-17-30(22,13-11-23(27)31)21(20)10-12-29(28,7)24(26)25(32)33/h10,18-20,22,24H,8-9,11-17H2,1-7H3,(H,32,33)/t19-,20+,22+,24-,26-,27-,28-,29+,30+/m1/s1. The lowest BCUT2D eigenvalue weighted by Gasteiger charge is -2.70. The van der Waals surface area contributed by atoms with Gasteiger partial charge < -0.3 is 9.84 Å². The van der Waals surface area contributed by atoms with Crippen LogP contribution in [0.25, 0.3) is 0 Å². The van der Waals surface area contributed by atoms with Crippen LogP contribution in [0.2, 0.25) is 0 Å². The lowest BCUT2D eigenvalue weighted by molar-refractivity contribution is -0.208. The Morgan fingerprint density at radius 3 is 2.38 bits per heavy atom. The Morgan fingerprint density at radius 2 is 1.74 bits per heavy atom. The highest BCUT2D eigenvalue weighted by molar-refractivity contribution is 5.86. The first-order valence-electron chi connectivity index (χ1n) is 13.8. The number of Topliss-reactive ketones (excluding diaryl/α,β-unsaturated/α-hetero) is 1. The largest absolute Gasteiger partial charge is 0.481 e. The Labute approximate surface area is 206 Å². The molecule has 0 radical (unpaired) electrons. The minimum absolute atomic E-state index is 0.0289. The van der Waals surface area contributed by atoms with Gasteiger partial charge in [-0.25, -0.2) is 0 Å². The zero-order valence-corrected chi connectivity index (χ0v) is 22.5. The fraction of sp³-hybridized carbons (Fsp3) is 0.867. The molecule has 0 aromatic rings. The summed E-state index contributed by atoms with van der Waals surface area (Å²) in [7, 11) is 0. The Kier molecular flexibility index (Phi) is 5.36. The number of carbonyl (C=O) groups excluding carboxylic acids is 1. The molecule has 0 spiro atoms. The number of carboxylic acid groups (broad SMARTS) is 1. The first-order valence-corrected chi connectivity index (χ1v) is 13.8. The fourth-order valence-corrected chi connectivity index (χ4v) is 10.3. The van der Waals surface area contributed by atoms with Crippen LogP contribution in [0.3, 0.4) is 0 Å². The smallest absolute Gasteiger partial charge is 0.307 e. The van der Waals surface area contributed by atoms with E-state index < -0.39 is 5.97 Å². The summed E-state index contributed by atoms with van der Waals surface area (Å²) in [5.74, 6) is 1.000. The average Bonchev–Trinajstić information content (AvgIpc) is 2.76. The summed E-state index contributed by atoms with van der Waals surface area (Å²) in [5.41, 5.74) is 0.608. The number of carboxylic acids is 1. The molecule has 9 atom stereocenters. The van der Waals surface area contributed by atoms with Crippen molar-refractivity contribution in [1.29, 1.82) is 0 Å². The van der Waals surface area contributed by atoms with E-state index in [-0.39, 0.29) is 33.0 Å². The van der Waals surface area contributed by atoms with Gasteiger partial charge in [0.25, 0.3) is 0 Å². The molecule has 4 aliphatic carbocycles. The molecule has 5 rings (SSSR count). The fourth-order valence-electron chi connectivity index (χ4n) is 10.3. The van der Waals surface area contributed by atoms with Crippen LogP contribution in [0, 0.1) is 56.7 Å². The molecule has 4 fully saturated rings. The zero-order valence-electron chi connectivity index (χ0n) is 22.5. The van der Waals surface area contributed by atoms with Crippen molar-refractivity contribution in [3.05, 3.63) is 11.6 Å². The third-order valence-electron chi connectivity index (χ3n) is 12.9. The van der Waals surface area contributed by atoms with Crippen molar-refractivity contribution in [2.45, 2.75) is 93.4 Å². The summed E-state index contributed by atoms with van der Waals surface area (Å²) < 4.78 is 6.21. The van der Waals surface area contributed by atoms with Crippen LogP contribution < -0.4 is 0 Å². The minimum Gasteiger partial charge on any atom is -0.481 e. The summed E-state index contributed by atoms with van der Waals surface area (Å²) in [6.07, 6.45) is 9.06. The van der Waals surface area contributed by atoms with Crippen molar-refractivity contribution in [2.75, 3.05) is 13.2 Å². The molecule has 4 nitrogen and oxygen atoms in total. The van der Waals surface area contributed by atoms with Crippen LogP contribution in [0.1, 0.15) is 93.4 Å². The number of rotatable bonds is 3. The van der Waals surface area contributed by atoms with E-state index in [4.69, 9.17) is 4.74 Å². The number of fused-ring (bicyclic) bond motifs is 3. The molecule has 0 amide bonds. The second-order valence-electron chi connectivity index (χ2n) is 14.2.